The van der Waals surface area contributed by atoms with E-state index in [2.05, 4.69) is 0 Å². The fourth-order valence-electron chi connectivity index (χ4n) is 4.54. The summed E-state index contributed by atoms with van der Waals surface area (Å²) in [6, 6.07) is 0. The van der Waals surface area contributed by atoms with Crippen molar-refractivity contribution in [3.05, 3.63) is 0 Å². The van der Waals surface area contributed by atoms with Crippen LogP contribution in [0.3, 0.4) is 0 Å². The summed E-state index contributed by atoms with van der Waals surface area (Å²) in [7, 11) is 5.09. The lowest BCUT2D eigenvalue weighted by molar-refractivity contribution is -0.168. The van der Waals surface area contributed by atoms with Crippen LogP contribution < -0.4 is 0 Å². The summed E-state index contributed by atoms with van der Waals surface area (Å²) in [6.07, 6.45) is 0.606. The average molecular weight is 431 g/mol. The highest BCUT2D eigenvalue weighted by atomic mass is 16.5. The summed E-state index contributed by atoms with van der Waals surface area (Å²) in [6.45, 7) is 10.2. The highest BCUT2D eigenvalue weighted by Crippen LogP contribution is 2.49. The van der Waals surface area contributed by atoms with Gasteiger partial charge < -0.3 is 18.9 Å². The molecule has 0 radical (unpaired) electrons. The Bertz CT molecular complexity index is 656. The molecule has 30 heavy (non-hydrogen) atoms. The Hall–Kier alpha value is -2.12. The highest BCUT2D eigenvalue weighted by molar-refractivity contribution is 5.83. The first kappa shape index (κ1) is 27.9. The molecule has 0 aromatic carbocycles. The number of hydrogen-bond donors (Lipinski definition) is 0. The molecular formula is C22H38O8. The number of hydrogen-bond acceptors (Lipinski definition) is 8. The Morgan fingerprint density at radius 1 is 0.533 bits per heavy atom. The molecular weight excluding hydrogens is 392 g/mol. The third-order valence-corrected chi connectivity index (χ3v) is 5.95. The van der Waals surface area contributed by atoms with Crippen molar-refractivity contribution in [1.29, 1.82) is 0 Å². The second kappa shape index (κ2) is 10.3. The van der Waals surface area contributed by atoms with E-state index >= 15 is 0 Å². The molecule has 0 aliphatic rings. The Morgan fingerprint density at radius 2 is 0.833 bits per heavy atom. The number of ether oxygens (including phenoxy) is 4. The van der Waals surface area contributed by atoms with Crippen molar-refractivity contribution < 1.29 is 38.1 Å². The maximum Gasteiger partial charge on any atom is 0.311 e. The van der Waals surface area contributed by atoms with Crippen LogP contribution in [-0.2, 0) is 38.1 Å². The lowest BCUT2D eigenvalue weighted by atomic mass is 9.61. The number of carbonyl (C=O) groups excluding carboxylic acids is 4. The number of methoxy groups -OCH3 is 4. The molecule has 0 spiro atoms. The molecule has 8 heteroatoms. The standard InChI is InChI=1S/C22H38O8/c1-11-20(4,16(24)28-8)13-22(6,18(26)30-10)14-21(5,17(25)29-9)12-19(2,3)15(23)27-7/h11-14H2,1-10H3. The van der Waals surface area contributed by atoms with Crippen molar-refractivity contribution >= 4 is 23.9 Å². The van der Waals surface area contributed by atoms with Crippen LogP contribution in [0.2, 0.25) is 0 Å². The minimum atomic E-state index is -1.22. The van der Waals surface area contributed by atoms with Gasteiger partial charge in [0.15, 0.2) is 0 Å². The van der Waals surface area contributed by atoms with Gasteiger partial charge in [-0.3, -0.25) is 19.2 Å². The molecule has 3 unspecified atom stereocenters. The molecule has 0 fully saturated rings. The summed E-state index contributed by atoms with van der Waals surface area (Å²) in [5.41, 5.74) is -4.42. The van der Waals surface area contributed by atoms with E-state index in [4.69, 9.17) is 18.9 Å². The fraction of sp³-hybridized carbons (Fsp3) is 0.818. The third-order valence-electron chi connectivity index (χ3n) is 5.95. The smallest absolute Gasteiger partial charge is 0.311 e. The van der Waals surface area contributed by atoms with Crippen LogP contribution >= 0.6 is 0 Å². The summed E-state index contributed by atoms with van der Waals surface area (Å²) in [4.78, 5) is 50.4. The van der Waals surface area contributed by atoms with Gasteiger partial charge in [-0.25, -0.2) is 0 Å². The molecule has 3 atom stereocenters. The number of carbonyl (C=O) groups is 4. The molecule has 0 N–H and O–H groups in total. The predicted molar refractivity (Wildman–Crippen MR) is 110 cm³/mol. The van der Waals surface area contributed by atoms with Gasteiger partial charge in [-0.2, -0.15) is 0 Å². The zero-order valence-corrected chi connectivity index (χ0v) is 20.1. The van der Waals surface area contributed by atoms with Gasteiger partial charge in [0, 0.05) is 0 Å². The normalized spacial score (nSPS) is 17.5. The summed E-state index contributed by atoms with van der Waals surface area (Å²) < 4.78 is 19.9. The van der Waals surface area contributed by atoms with Crippen LogP contribution in [0.25, 0.3) is 0 Å². The third kappa shape index (κ3) is 6.19. The quantitative estimate of drug-likeness (QED) is 0.363. The van der Waals surface area contributed by atoms with Crippen LogP contribution in [0, 0.1) is 21.7 Å². The van der Waals surface area contributed by atoms with E-state index in [0.29, 0.717) is 6.42 Å². The highest BCUT2D eigenvalue weighted by Gasteiger charge is 2.53. The first-order chi connectivity index (χ1) is 13.6. The van der Waals surface area contributed by atoms with Crippen molar-refractivity contribution in [1.82, 2.24) is 0 Å². The molecule has 0 aliphatic heterocycles. The lowest BCUT2D eigenvalue weighted by Crippen LogP contribution is -2.46. The number of esters is 4. The van der Waals surface area contributed by atoms with Gasteiger partial charge in [-0.05, 0) is 60.3 Å². The topological polar surface area (TPSA) is 105 Å². The molecule has 0 saturated heterocycles. The molecule has 0 heterocycles. The zero-order valence-electron chi connectivity index (χ0n) is 20.1. The van der Waals surface area contributed by atoms with Gasteiger partial charge >= 0.3 is 23.9 Å². The Labute approximate surface area is 180 Å². The molecule has 0 rings (SSSR count). The van der Waals surface area contributed by atoms with Gasteiger partial charge in [0.25, 0.3) is 0 Å². The van der Waals surface area contributed by atoms with E-state index in [0.717, 1.165) is 0 Å². The Kier molecular flexibility index (Phi) is 9.54. The molecule has 0 amide bonds. The van der Waals surface area contributed by atoms with Gasteiger partial charge in [-0.15, -0.1) is 0 Å². The van der Waals surface area contributed by atoms with E-state index in [1.807, 2.05) is 6.92 Å². The Balaban J connectivity index is 6.34. The monoisotopic (exact) mass is 430 g/mol. The van der Waals surface area contributed by atoms with Crippen LogP contribution in [0.1, 0.15) is 67.2 Å². The first-order valence-corrected chi connectivity index (χ1v) is 9.95. The van der Waals surface area contributed by atoms with Crippen molar-refractivity contribution in [2.75, 3.05) is 28.4 Å². The lowest BCUT2D eigenvalue weighted by Gasteiger charge is -2.42. The average Bonchev–Trinajstić information content (AvgIpc) is 2.69. The van der Waals surface area contributed by atoms with Crippen molar-refractivity contribution in [3.8, 4) is 0 Å². The molecule has 0 aromatic heterocycles. The molecule has 8 nitrogen and oxygen atoms in total. The van der Waals surface area contributed by atoms with E-state index in [9.17, 15) is 19.2 Å². The van der Waals surface area contributed by atoms with Crippen LogP contribution in [0.5, 0.6) is 0 Å². The van der Waals surface area contributed by atoms with Gasteiger partial charge in [0.1, 0.15) is 0 Å². The maximum absolute atomic E-state index is 12.9. The molecule has 0 aromatic rings. The van der Waals surface area contributed by atoms with Crippen LogP contribution in [0.15, 0.2) is 0 Å². The van der Waals surface area contributed by atoms with E-state index in [1.54, 1.807) is 34.6 Å². The molecule has 0 aliphatic carbocycles. The second-order valence-corrected chi connectivity index (χ2v) is 9.42. The minimum Gasteiger partial charge on any atom is -0.469 e. The maximum atomic E-state index is 12.9. The van der Waals surface area contributed by atoms with Crippen molar-refractivity contribution in [3.63, 3.8) is 0 Å². The molecule has 0 bridgehead atoms. The fourth-order valence-corrected chi connectivity index (χ4v) is 4.54. The summed E-state index contributed by atoms with van der Waals surface area (Å²) in [5.74, 6) is -2.05. The predicted octanol–water partition coefficient (Wildman–Crippen LogP) is 3.30. The van der Waals surface area contributed by atoms with Crippen LogP contribution in [0.4, 0.5) is 0 Å². The van der Waals surface area contributed by atoms with Gasteiger partial charge in [0.2, 0.25) is 0 Å². The number of rotatable bonds is 11. The SMILES string of the molecule is CCC(C)(CC(C)(CC(C)(CC(C)(C)C(=O)OC)C(=O)OC)C(=O)OC)C(=O)OC. The molecule has 174 valence electrons. The van der Waals surface area contributed by atoms with E-state index < -0.39 is 45.5 Å². The Morgan fingerprint density at radius 3 is 1.17 bits per heavy atom. The zero-order chi connectivity index (χ0) is 24.0. The van der Waals surface area contributed by atoms with Gasteiger partial charge in [0.05, 0.1) is 50.1 Å². The van der Waals surface area contributed by atoms with Crippen molar-refractivity contribution in [2.24, 2.45) is 21.7 Å². The van der Waals surface area contributed by atoms with Gasteiger partial charge in [-0.1, -0.05) is 6.92 Å². The molecule has 0 saturated carbocycles. The first-order valence-electron chi connectivity index (χ1n) is 9.95. The summed E-state index contributed by atoms with van der Waals surface area (Å²) in [5, 5.41) is 0. The second-order valence-electron chi connectivity index (χ2n) is 9.42. The minimum absolute atomic E-state index is 0.00630. The largest absolute Gasteiger partial charge is 0.469 e. The van der Waals surface area contributed by atoms with Crippen LogP contribution in [-0.4, -0.2) is 52.3 Å². The van der Waals surface area contributed by atoms with Crippen molar-refractivity contribution in [2.45, 2.75) is 67.2 Å². The van der Waals surface area contributed by atoms with E-state index in [1.165, 1.54) is 28.4 Å². The summed E-state index contributed by atoms with van der Waals surface area (Å²) >= 11 is 0. The van der Waals surface area contributed by atoms with E-state index in [-0.39, 0.29) is 19.3 Å².